The highest BCUT2D eigenvalue weighted by Gasteiger charge is 2.33. The van der Waals surface area contributed by atoms with Crippen LogP contribution in [0.1, 0.15) is 11.1 Å². The van der Waals surface area contributed by atoms with Crippen molar-refractivity contribution in [2.75, 3.05) is 0 Å². The van der Waals surface area contributed by atoms with Crippen molar-refractivity contribution in [1.29, 1.82) is 0 Å². The van der Waals surface area contributed by atoms with Crippen LogP contribution in [0.3, 0.4) is 0 Å². The number of hydrogen-bond donors (Lipinski definition) is 3. The highest BCUT2D eigenvalue weighted by molar-refractivity contribution is 7.89. The molecule has 0 radical (unpaired) electrons. The number of aromatic hydroxyl groups is 3. The van der Waals surface area contributed by atoms with E-state index in [2.05, 4.69) is 0 Å². The lowest BCUT2D eigenvalue weighted by molar-refractivity contribution is 0.425. The lowest BCUT2D eigenvalue weighted by Crippen LogP contribution is -2.25. The molecule has 0 bridgehead atoms. The average Bonchev–Trinajstić information content (AvgIpc) is 2.86. The van der Waals surface area contributed by atoms with Gasteiger partial charge in [-0.2, -0.15) is 4.31 Å². The van der Waals surface area contributed by atoms with E-state index in [1.807, 2.05) is 0 Å². The first-order valence-electron chi connectivity index (χ1n) is 6.31. The minimum absolute atomic E-state index is 0.0611. The summed E-state index contributed by atoms with van der Waals surface area (Å²) in [5.41, 5.74) is 1.48. The maximum absolute atomic E-state index is 12.7. The Kier molecular flexibility index (Phi) is 3.43. The minimum atomic E-state index is -4.00. The fraction of sp³-hybridized carbons (Fsp3) is 0.143. The second-order valence-corrected chi connectivity index (χ2v) is 7.29. The summed E-state index contributed by atoms with van der Waals surface area (Å²) >= 11 is 5.86. The maximum atomic E-state index is 12.7. The summed E-state index contributed by atoms with van der Waals surface area (Å²) in [6, 6.07) is 6.62. The van der Waals surface area contributed by atoms with Gasteiger partial charge < -0.3 is 15.3 Å². The third-order valence-electron chi connectivity index (χ3n) is 3.51. The molecule has 1 heterocycles. The first-order chi connectivity index (χ1) is 10.3. The van der Waals surface area contributed by atoms with Crippen LogP contribution in [-0.2, 0) is 23.1 Å². The lowest BCUT2D eigenvalue weighted by Gasteiger charge is -2.17. The van der Waals surface area contributed by atoms with Gasteiger partial charge in [0, 0.05) is 25.2 Å². The van der Waals surface area contributed by atoms with Gasteiger partial charge in [-0.15, -0.1) is 0 Å². The Bertz CT molecular complexity index is 866. The molecule has 6 nitrogen and oxygen atoms in total. The van der Waals surface area contributed by atoms with E-state index in [4.69, 9.17) is 11.6 Å². The molecule has 0 saturated heterocycles. The number of fused-ring (bicyclic) bond motifs is 1. The van der Waals surface area contributed by atoms with Crippen LogP contribution in [0.5, 0.6) is 17.2 Å². The SMILES string of the molecule is O=S(=O)(c1cc(O)cc(O)c1Cl)N1Cc2ccc(O)cc2C1. The fourth-order valence-electron chi connectivity index (χ4n) is 2.42. The Morgan fingerprint density at radius 2 is 1.64 bits per heavy atom. The van der Waals surface area contributed by atoms with Gasteiger partial charge in [0.15, 0.2) is 0 Å². The van der Waals surface area contributed by atoms with E-state index in [1.54, 1.807) is 6.07 Å². The third kappa shape index (κ3) is 2.37. The molecular weight excluding hydrogens is 330 g/mol. The molecule has 1 aliphatic rings. The zero-order valence-corrected chi connectivity index (χ0v) is 12.8. The molecule has 1 aliphatic heterocycles. The van der Waals surface area contributed by atoms with Crippen molar-refractivity contribution in [2.45, 2.75) is 18.0 Å². The normalized spacial score (nSPS) is 15.0. The van der Waals surface area contributed by atoms with Crippen LogP contribution in [0, 0.1) is 0 Å². The molecular formula is C14H12ClNO5S. The van der Waals surface area contributed by atoms with Crippen LogP contribution in [0.4, 0.5) is 0 Å². The second-order valence-electron chi connectivity index (χ2n) is 5.00. The number of rotatable bonds is 2. The van der Waals surface area contributed by atoms with Gasteiger partial charge in [0.2, 0.25) is 10.0 Å². The molecule has 2 aromatic carbocycles. The number of hydrogen-bond acceptors (Lipinski definition) is 5. The van der Waals surface area contributed by atoms with Crippen molar-refractivity contribution in [3.05, 3.63) is 46.5 Å². The zero-order chi connectivity index (χ0) is 16.1. The number of phenolic OH excluding ortho intramolecular Hbond substituents is 3. The van der Waals surface area contributed by atoms with Gasteiger partial charge in [-0.25, -0.2) is 8.42 Å². The monoisotopic (exact) mass is 341 g/mol. The molecule has 22 heavy (non-hydrogen) atoms. The molecule has 8 heteroatoms. The van der Waals surface area contributed by atoms with Gasteiger partial charge in [-0.1, -0.05) is 17.7 Å². The van der Waals surface area contributed by atoms with Crippen LogP contribution in [0.15, 0.2) is 35.2 Å². The largest absolute Gasteiger partial charge is 0.508 e. The van der Waals surface area contributed by atoms with Gasteiger partial charge >= 0.3 is 0 Å². The first kappa shape index (κ1) is 15.0. The highest BCUT2D eigenvalue weighted by atomic mass is 35.5. The Labute approximate surface area is 131 Å². The third-order valence-corrected chi connectivity index (χ3v) is 5.83. The lowest BCUT2D eigenvalue weighted by atomic mass is 10.1. The Morgan fingerprint density at radius 3 is 2.36 bits per heavy atom. The number of benzene rings is 2. The predicted octanol–water partition coefficient (Wildman–Crippen LogP) is 2.16. The van der Waals surface area contributed by atoms with E-state index in [1.165, 1.54) is 12.1 Å². The number of nitrogens with zero attached hydrogens (tertiary/aromatic N) is 1. The molecule has 3 N–H and O–H groups in total. The maximum Gasteiger partial charge on any atom is 0.245 e. The van der Waals surface area contributed by atoms with Crippen molar-refractivity contribution in [1.82, 2.24) is 4.31 Å². The molecule has 2 aromatic rings. The van der Waals surface area contributed by atoms with Crippen molar-refractivity contribution in [2.24, 2.45) is 0 Å². The van der Waals surface area contributed by atoms with Crippen LogP contribution in [-0.4, -0.2) is 28.0 Å². The second kappa shape index (κ2) is 5.05. The summed E-state index contributed by atoms with van der Waals surface area (Å²) in [5, 5.41) is 28.2. The molecule has 0 aromatic heterocycles. The average molecular weight is 342 g/mol. The highest BCUT2D eigenvalue weighted by Crippen LogP contribution is 2.38. The number of halogens is 1. The summed E-state index contributed by atoms with van der Waals surface area (Å²) in [6.45, 7) is 0.212. The van der Waals surface area contributed by atoms with Crippen LogP contribution >= 0.6 is 11.6 Å². The van der Waals surface area contributed by atoms with Gasteiger partial charge in [-0.05, 0) is 23.3 Å². The molecule has 0 saturated carbocycles. The van der Waals surface area contributed by atoms with Gasteiger partial charge in [-0.3, -0.25) is 0 Å². The van der Waals surface area contributed by atoms with Crippen LogP contribution < -0.4 is 0 Å². The number of phenols is 3. The summed E-state index contributed by atoms with van der Waals surface area (Å²) < 4.78 is 26.5. The topological polar surface area (TPSA) is 98.1 Å². The Balaban J connectivity index is 2.03. The van der Waals surface area contributed by atoms with Crippen molar-refractivity contribution in [3.8, 4) is 17.2 Å². The molecule has 0 unspecified atom stereocenters. The van der Waals surface area contributed by atoms with Gasteiger partial charge in [0.05, 0.1) is 0 Å². The van der Waals surface area contributed by atoms with Crippen LogP contribution in [0.25, 0.3) is 0 Å². The summed E-state index contributed by atoms with van der Waals surface area (Å²) in [6.07, 6.45) is 0. The Hall–Kier alpha value is -1.96. The van der Waals surface area contributed by atoms with E-state index < -0.39 is 21.5 Å². The Morgan fingerprint density at radius 1 is 0.955 bits per heavy atom. The summed E-state index contributed by atoms with van der Waals surface area (Å²) in [7, 11) is -4.00. The van der Waals surface area contributed by atoms with Crippen molar-refractivity contribution >= 4 is 21.6 Å². The van der Waals surface area contributed by atoms with E-state index in [9.17, 15) is 23.7 Å². The van der Waals surface area contributed by atoms with E-state index >= 15 is 0 Å². The van der Waals surface area contributed by atoms with Crippen LogP contribution in [0.2, 0.25) is 5.02 Å². The molecule has 0 atom stereocenters. The summed E-state index contributed by atoms with van der Waals surface area (Å²) in [5.74, 6) is -0.838. The van der Waals surface area contributed by atoms with Gasteiger partial charge in [0.1, 0.15) is 27.2 Å². The van der Waals surface area contributed by atoms with E-state index in [-0.39, 0.29) is 28.8 Å². The minimum Gasteiger partial charge on any atom is -0.508 e. The van der Waals surface area contributed by atoms with E-state index in [0.29, 0.717) is 5.56 Å². The smallest absolute Gasteiger partial charge is 0.245 e. The zero-order valence-electron chi connectivity index (χ0n) is 11.2. The fourth-order valence-corrected chi connectivity index (χ4v) is 4.31. The van der Waals surface area contributed by atoms with E-state index in [0.717, 1.165) is 22.0 Å². The van der Waals surface area contributed by atoms with Gasteiger partial charge in [0.25, 0.3) is 0 Å². The molecule has 0 amide bonds. The van der Waals surface area contributed by atoms with Crippen molar-refractivity contribution in [3.63, 3.8) is 0 Å². The molecule has 116 valence electrons. The molecule has 0 spiro atoms. The predicted molar refractivity (Wildman–Crippen MR) is 79.3 cm³/mol. The first-order valence-corrected chi connectivity index (χ1v) is 8.13. The van der Waals surface area contributed by atoms with Crippen molar-refractivity contribution < 1.29 is 23.7 Å². The number of sulfonamides is 1. The standard InChI is InChI=1S/C14H12ClNO5S/c15-14-12(19)4-11(18)5-13(14)22(20,21)16-6-8-1-2-10(17)3-9(8)7-16/h1-5,17-19H,6-7H2. The molecule has 0 aliphatic carbocycles. The molecule has 0 fully saturated rings. The quantitative estimate of drug-likeness (QED) is 0.777. The summed E-state index contributed by atoms with van der Waals surface area (Å²) in [4.78, 5) is -0.358. The molecule has 3 rings (SSSR count).